The Morgan fingerprint density at radius 3 is 1.49 bits per heavy atom. The highest BCUT2D eigenvalue weighted by Gasteiger charge is 2.47. The minimum atomic E-state index is -1.78. The van der Waals surface area contributed by atoms with Gasteiger partial charge in [0.1, 0.15) is 55.4 Å². The molecule has 394 valence electrons. The van der Waals surface area contributed by atoms with Crippen LogP contribution in [0.1, 0.15) is 149 Å². The van der Waals surface area contributed by atoms with E-state index >= 15 is 0 Å². The Morgan fingerprint density at radius 1 is 0.478 bits per heavy atom. The standard InChI is InChI=1S/C54H88O15/c1-3-5-7-9-11-13-15-17-18-19-20-21-22-23-25-26-28-30-32-34-36-45(56)64-39-42(67-46(57)37-35-33-31-29-27-24-16-14-12-10-8-6-4-2)40-65-53-52(63)50(61)48(59)44(69-53)41-66-54-51(62)49(60)47(58)43(38-55)68-54/h5,7,11,13,17-18,20-21,23-25,27,31,33,42-44,47-55,58-63H,3-4,6,8-10,12,14-16,19,22,26,28-30,32,34-41H2,1-2H3/b7-5+,13-11+,18-17+,21-20+,25-23+,27-24+,33-31+/t42?,43-,44-,47+,48+,49?,50?,51?,52?,53-,54-/m1/s1. The third-order valence-electron chi connectivity index (χ3n) is 11.6. The van der Waals surface area contributed by atoms with Gasteiger partial charge in [-0.2, -0.15) is 0 Å². The van der Waals surface area contributed by atoms with Crippen LogP contribution >= 0.6 is 0 Å². The second-order valence-electron chi connectivity index (χ2n) is 17.6. The highest BCUT2D eigenvalue weighted by Crippen LogP contribution is 2.26. The van der Waals surface area contributed by atoms with Crippen molar-refractivity contribution in [1.82, 2.24) is 0 Å². The molecule has 0 amide bonds. The molecule has 2 heterocycles. The normalized spacial score (nSPS) is 26.3. The van der Waals surface area contributed by atoms with Gasteiger partial charge in [-0.15, -0.1) is 0 Å². The van der Waals surface area contributed by atoms with Crippen molar-refractivity contribution in [3.63, 3.8) is 0 Å². The predicted molar refractivity (Wildman–Crippen MR) is 265 cm³/mol. The van der Waals surface area contributed by atoms with Gasteiger partial charge >= 0.3 is 11.9 Å². The number of aliphatic hydroxyl groups is 7. The smallest absolute Gasteiger partial charge is 0.306 e. The van der Waals surface area contributed by atoms with Crippen LogP contribution in [0.2, 0.25) is 0 Å². The number of carbonyl (C=O) groups excluding carboxylic acids is 2. The van der Waals surface area contributed by atoms with Gasteiger partial charge in [0.2, 0.25) is 0 Å². The van der Waals surface area contributed by atoms with E-state index in [-0.39, 0.29) is 19.4 Å². The average molecular weight is 977 g/mol. The van der Waals surface area contributed by atoms with E-state index in [0.29, 0.717) is 12.8 Å². The number of allylic oxidation sites excluding steroid dienone is 14. The highest BCUT2D eigenvalue weighted by atomic mass is 16.7. The van der Waals surface area contributed by atoms with E-state index in [1.54, 1.807) is 0 Å². The Kier molecular flexibility index (Phi) is 36.1. The molecule has 2 fully saturated rings. The van der Waals surface area contributed by atoms with Crippen molar-refractivity contribution < 1.29 is 73.8 Å². The molecule has 2 rings (SSSR count). The first kappa shape index (κ1) is 61.8. The molecule has 0 radical (unpaired) electrons. The second-order valence-corrected chi connectivity index (χ2v) is 17.6. The molecule has 0 aromatic carbocycles. The Labute approximate surface area is 412 Å². The van der Waals surface area contributed by atoms with Gasteiger partial charge in [0.15, 0.2) is 18.7 Å². The first-order valence-corrected chi connectivity index (χ1v) is 25.7. The van der Waals surface area contributed by atoms with Crippen LogP contribution in [0.25, 0.3) is 0 Å². The van der Waals surface area contributed by atoms with Crippen molar-refractivity contribution in [3.05, 3.63) is 85.1 Å². The molecule has 0 saturated carbocycles. The van der Waals surface area contributed by atoms with E-state index < -0.39 is 99.3 Å². The van der Waals surface area contributed by atoms with E-state index in [2.05, 4.69) is 86.8 Å². The fraction of sp³-hybridized carbons (Fsp3) is 0.704. The topological polar surface area (TPSA) is 231 Å². The van der Waals surface area contributed by atoms with E-state index in [9.17, 15) is 45.3 Å². The summed E-state index contributed by atoms with van der Waals surface area (Å²) in [4.78, 5) is 25.7. The zero-order chi connectivity index (χ0) is 50.3. The van der Waals surface area contributed by atoms with Crippen molar-refractivity contribution in [3.8, 4) is 0 Å². The highest BCUT2D eigenvalue weighted by molar-refractivity contribution is 5.70. The number of unbranched alkanes of at least 4 members (excludes halogenated alkanes) is 10. The van der Waals surface area contributed by atoms with Crippen molar-refractivity contribution in [2.24, 2.45) is 0 Å². The van der Waals surface area contributed by atoms with Gasteiger partial charge in [-0.05, 0) is 77.0 Å². The van der Waals surface area contributed by atoms with Gasteiger partial charge in [0, 0.05) is 12.8 Å². The quantitative estimate of drug-likeness (QED) is 0.0184. The number of rotatable bonds is 38. The van der Waals surface area contributed by atoms with Crippen LogP contribution in [0.15, 0.2) is 85.1 Å². The monoisotopic (exact) mass is 977 g/mol. The van der Waals surface area contributed by atoms with E-state index in [4.69, 9.17) is 28.4 Å². The molecule has 2 aliphatic rings. The van der Waals surface area contributed by atoms with Gasteiger partial charge in [0.25, 0.3) is 0 Å². The zero-order valence-corrected chi connectivity index (χ0v) is 41.5. The largest absolute Gasteiger partial charge is 0.462 e. The van der Waals surface area contributed by atoms with Crippen LogP contribution in [-0.4, -0.2) is 142 Å². The Hall–Kier alpha value is -3.32. The molecular weight excluding hydrogens is 889 g/mol. The summed E-state index contributed by atoms with van der Waals surface area (Å²) < 4.78 is 33.4. The summed E-state index contributed by atoms with van der Waals surface area (Å²) in [5.74, 6) is -1.04. The minimum absolute atomic E-state index is 0.0485. The maximum Gasteiger partial charge on any atom is 0.306 e. The number of hydrogen-bond donors (Lipinski definition) is 7. The van der Waals surface area contributed by atoms with Crippen LogP contribution in [0.3, 0.4) is 0 Å². The van der Waals surface area contributed by atoms with Gasteiger partial charge in [-0.3, -0.25) is 9.59 Å². The number of aliphatic hydroxyl groups excluding tert-OH is 7. The summed E-state index contributed by atoms with van der Waals surface area (Å²) >= 11 is 0. The van der Waals surface area contributed by atoms with Gasteiger partial charge in [0.05, 0.1) is 19.8 Å². The van der Waals surface area contributed by atoms with Crippen LogP contribution < -0.4 is 0 Å². The summed E-state index contributed by atoms with van der Waals surface area (Å²) in [5, 5.41) is 72.0. The number of esters is 2. The van der Waals surface area contributed by atoms with Crippen LogP contribution in [0, 0.1) is 0 Å². The third kappa shape index (κ3) is 28.3. The predicted octanol–water partition coefficient (Wildman–Crippen LogP) is 7.21. The molecule has 2 aliphatic heterocycles. The molecule has 69 heavy (non-hydrogen) atoms. The Balaban J connectivity index is 1.83. The summed E-state index contributed by atoms with van der Waals surface area (Å²) in [7, 11) is 0. The maximum absolute atomic E-state index is 12.9. The van der Waals surface area contributed by atoms with Crippen molar-refractivity contribution in [2.75, 3.05) is 26.4 Å². The fourth-order valence-electron chi connectivity index (χ4n) is 7.41. The molecular formula is C54H88O15. The third-order valence-corrected chi connectivity index (χ3v) is 11.6. The summed E-state index contributed by atoms with van der Waals surface area (Å²) in [6.07, 6.45) is 32.0. The SMILES string of the molecule is CC/C=C/C/C=C/C/C=C/C/C=C/C/C=C/CCCCCCC(=O)OCC(CO[C@@H]1O[C@H](CO[C@@H]2O[C@H](CO)[C@H](O)C(O)C2O)[C@H](O)C(O)C1O)OC(=O)CC/C=C/C/C=C/CCCCCCCC. The molecule has 11 atom stereocenters. The number of ether oxygens (including phenoxy) is 6. The average Bonchev–Trinajstić information content (AvgIpc) is 3.34. The Bertz CT molecular complexity index is 1520. The molecule has 15 heteroatoms. The summed E-state index contributed by atoms with van der Waals surface area (Å²) in [5.41, 5.74) is 0. The van der Waals surface area contributed by atoms with Crippen LogP contribution in [0.5, 0.6) is 0 Å². The maximum atomic E-state index is 12.9. The summed E-state index contributed by atoms with van der Waals surface area (Å²) in [6, 6.07) is 0. The van der Waals surface area contributed by atoms with Crippen molar-refractivity contribution >= 4 is 11.9 Å². The van der Waals surface area contributed by atoms with Crippen molar-refractivity contribution in [2.45, 2.75) is 216 Å². The number of hydrogen-bond acceptors (Lipinski definition) is 15. The van der Waals surface area contributed by atoms with E-state index in [1.165, 1.54) is 38.5 Å². The van der Waals surface area contributed by atoms with Gasteiger partial charge < -0.3 is 64.2 Å². The lowest BCUT2D eigenvalue weighted by Gasteiger charge is -2.42. The first-order valence-electron chi connectivity index (χ1n) is 25.7. The molecule has 0 aromatic rings. The summed E-state index contributed by atoms with van der Waals surface area (Å²) in [6.45, 7) is 2.35. The number of carbonyl (C=O) groups is 2. The minimum Gasteiger partial charge on any atom is -0.462 e. The van der Waals surface area contributed by atoms with E-state index in [1.807, 2.05) is 12.2 Å². The molecule has 7 N–H and O–H groups in total. The first-order chi connectivity index (χ1) is 33.5. The molecule has 0 bridgehead atoms. The van der Waals surface area contributed by atoms with Crippen LogP contribution in [-0.2, 0) is 38.0 Å². The lowest BCUT2D eigenvalue weighted by Crippen LogP contribution is -2.61. The fourth-order valence-corrected chi connectivity index (χ4v) is 7.41. The van der Waals surface area contributed by atoms with Crippen LogP contribution in [0.4, 0.5) is 0 Å². The molecule has 15 nitrogen and oxygen atoms in total. The van der Waals surface area contributed by atoms with Gasteiger partial charge in [-0.1, -0.05) is 144 Å². The molecule has 0 aliphatic carbocycles. The van der Waals surface area contributed by atoms with Crippen molar-refractivity contribution in [1.29, 1.82) is 0 Å². The molecule has 0 aromatic heterocycles. The second kappa shape index (κ2) is 40.3. The molecule has 0 spiro atoms. The lowest BCUT2D eigenvalue weighted by atomic mass is 9.98. The lowest BCUT2D eigenvalue weighted by molar-refractivity contribution is -0.332. The molecule has 5 unspecified atom stereocenters. The van der Waals surface area contributed by atoms with E-state index in [0.717, 1.165) is 70.6 Å². The van der Waals surface area contributed by atoms with Gasteiger partial charge in [-0.25, -0.2) is 0 Å². The Morgan fingerprint density at radius 2 is 0.942 bits per heavy atom. The molecule has 2 saturated heterocycles. The zero-order valence-electron chi connectivity index (χ0n) is 41.5.